The Hall–Kier alpha value is -2.85. The smallest absolute Gasteiger partial charge is 0.260 e. The van der Waals surface area contributed by atoms with Crippen LogP contribution in [0.3, 0.4) is 0 Å². The maximum absolute atomic E-state index is 13.1. The van der Waals surface area contributed by atoms with Crippen LogP contribution in [-0.4, -0.2) is 71.6 Å². The highest BCUT2D eigenvalue weighted by Gasteiger charge is 2.45. The predicted molar refractivity (Wildman–Crippen MR) is 168 cm³/mol. The Bertz CT molecular complexity index is 1230. The van der Waals surface area contributed by atoms with Gasteiger partial charge in [0.15, 0.2) is 0 Å². The van der Waals surface area contributed by atoms with E-state index < -0.39 is 10.8 Å². The van der Waals surface area contributed by atoms with Gasteiger partial charge >= 0.3 is 0 Å². The van der Waals surface area contributed by atoms with E-state index in [4.69, 9.17) is 11.5 Å². The van der Waals surface area contributed by atoms with Gasteiger partial charge in [0.1, 0.15) is 0 Å². The first-order valence-electron chi connectivity index (χ1n) is 13.0. The third kappa shape index (κ3) is 6.64. The molecule has 4 N–H and O–H groups in total. The number of nitrogens with zero attached hydrogens (tertiary/aromatic N) is 3. The number of rotatable bonds is 8. The van der Waals surface area contributed by atoms with E-state index in [1.54, 1.807) is 36.4 Å². The van der Waals surface area contributed by atoms with Crippen LogP contribution in [0, 0.1) is 0 Å². The van der Waals surface area contributed by atoms with Gasteiger partial charge in [0, 0.05) is 35.6 Å². The molecule has 0 spiro atoms. The molecule has 0 radical (unpaired) electrons. The van der Waals surface area contributed by atoms with Crippen LogP contribution in [0.2, 0.25) is 0 Å². The van der Waals surface area contributed by atoms with Crippen molar-refractivity contribution in [2.45, 2.75) is 51.4 Å². The number of fused-ring (bicyclic) bond motifs is 2. The van der Waals surface area contributed by atoms with Crippen molar-refractivity contribution in [3.63, 3.8) is 0 Å². The molecule has 4 amide bonds. The summed E-state index contributed by atoms with van der Waals surface area (Å²) >= 11 is 0. The number of hydrogen-bond donors (Lipinski definition) is 2. The summed E-state index contributed by atoms with van der Waals surface area (Å²) in [5.74, 6) is -1.06. The molecule has 0 atom stereocenters. The summed E-state index contributed by atoms with van der Waals surface area (Å²) in [6.07, 6.45) is 1.20. The monoisotopic (exact) mass is 627 g/mol. The maximum Gasteiger partial charge on any atom is 0.260 e. The lowest BCUT2D eigenvalue weighted by Crippen LogP contribution is -2.52. The van der Waals surface area contributed by atoms with E-state index >= 15 is 0 Å². The number of nitrogens with two attached hydrogens (primary N) is 2. The molecule has 4 rings (SSSR count). The molecule has 12 heteroatoms. The second kappa shape index (κ2) is 13.4. The summed E-state index contributed by atoms with van der Waals surface area (Å²) in [5, 5.41) is 0. The molecule has 0 saturated carbocycles. The highest BCUT2D eigenvalue weighted by Crippen LogP contribution is 2.36. The molecule has 0 aliphatic carbocycles. The third-order valence-electron chi connectivity index (χ3n) is 7.79. The van der Waals surface area contributed by atoms with Gasteiger partial charge in [-0.1, -0.05) is 12.1 Å². The number of imide groups is 2. The number of nitrogen functional groups attached to an aromatic ring is 2. The van der Waals surface area contributed by atoms with E-state index in [1.807, 2.05) is 34.7 Å². The number of amides is 4. The molecule has 226 valence electrons. The topological polar surface area (TPSA) is 130 Å². The Morgan fingerprint density at radius 1 is 0.659 bits per heavy atom. The second-order valence-electron chi connectivity index (χ2n) is 11.4. The Morgan fingerprint density at radius 2 is 1.00 bits per heavy atom. The number of carbonyl (C=O) groups is 4. The zero-order valence-corrected chi connectivity index (χ0v) is 26.5. The normalized spacial score (nSPS) is 16.8. The largest absolute Gasteiger partial charge is 0.399 e. The first kappa shape index (κ1) is 36.2. The molecule has 0 bridgehead atoms. The van der Waals surface area contributed by atoms with Gasteiger partial charge in [0.2, 0.25) is 11.8 Å². The highest BCUT2D eigenvalue weighted by molar-refractivity contribution is 6.14. The van der Waals surface area contributed by atoms with Gasteiger partial charge in [-0.3, -0.25) is 29.0 Å². The van der Waals surface area contributed by atoms with Crippen molar-refractivity contribution in [1.29, 1.82) is 0 Å². The second-order valence-corrected chi connectivity index (χ2v) is 11.4. The van der Waals surface area contributed by atoms with Crippen LogP contribution in [0.25, 0.3) is 0 Å². The van der Waals surface area contributed by atoms with E-state index in [1.165, 1.54) is 9.80 Å². The molecule has 2 aliphatic rings. The number of benzene rings is 2. The van der Waals surface area contributed by atoms with E-state index in [2.05, 4.69) is 4.90 Å². The van der Waals surface area contributed by atoms with Crippen molar-refractivity contribution in [3.05, 3.63) is 58.7 Å². The Morgan fingerprint density at radius 3 is 1.34 bits per heavy atom. The minimum absolute atomic E-state index is 0. The molecule has 0 aromatic heterocycles. The fourth-order valence-electron chi connectivity index (χ4n) is 5.46. The molecule has 0 unspecified atom stereocenters. The van der Waals surface area contributed by atoms with Gasteiger partial charge in [-0.25, -0.2) is 0 Å². The van der Waals surface area contributed by atoms with Crippen LogP contribution < -0.4 is 11.5 Å². The van der Waals surface area contributed by atoms with Crippen molar-refractivity contribution < 1.29 is 19.2 Å². The average molecular weight is 629 g/mol. The van der Waals surface area contributed by atoms with Crippen molar-refractivity contribution in [1.82, 2.24) is 14.7 Å². The molecular weight excluding hydrogens is 589 g/mol. The zero-order chi connectivity index (χ0) is 28.0. The van der Waals surface area contributed by atoms with Crippen LogP contribution in [-0.2, 0) is 20.4 Å². The van der Waals surface area contributed by atoms with Crippen LogP contribution >= 0.6 is 37.2 Å². The van der Waals surface area contributed by atoms with Crippen LogP contribution in [0.5, 0.6) is 0 Å². The predicted octanol–water partition coefficient (Wildman–Crippen LogP) is 4.05. The molecule has 2 aliphatic heterocycles. The summed E-state index contributed by atoms with van der Waals surface area (Å²) < 4.78 is 0. The standard InChI is InChI=1S/C29H37N5O4.3ClH/c1-28(2)22-10-8-18(30)16-20(22)24(35)33(26(28)37)14-6-12-32(5)13-7-15-34-25(36)21-17-19(31)9-11-23(21)29(3,4)27(34)38;;;/h8-11,16-17H,6-7,12-15,30-31H2,1-5H3;3*1H. The number of anilines is 2. The molecule has 0 saturated heterocycles. The Balaban J connectivity index is 0.00000280. The summed E-state index contributed by atoms with van der Waals surface area (Å²) in [4.78, 5) is 57.1. The Labute approximate surface area is 260 Å². The fourth-order valence-corrected chi connectivity index (χ4v) is 5.46. The number of hydrogen-bond acceptors (Lipinski definition) is 7. The lowest BCUT2D eigenvalue weighted by Gasteiger charge is -2.38. The van der Waals surface area contributed by atoms with Gasteiger partial charge in [-0.15, -0.1) is 37.2 Å². The molecule has 9 nitrogen and oxygen atoms in total. The van der Waals surface area contributed by atoms with Crippen LogP contribution in [0.15, 0.2) is 36.4 Å². The van der Waals surface area contributed by atoms with E-state index in [0.717, 1.165) is 0 Å². The molecular formula is C29H40Cl3N5O4. The molecule has 2 aromatic carbocycles. The maximum atomic E-state index is 13.1. The summed E-state index contributed by atoms with van der Waals surface area (Å²) in [7, 11) is 1.94. The van der Waals surface area contributed by atoms with Crippen molar-refractivity contribution in [2.75, 3.05) is 44.7 Å². The lowest BCUT2D eigenvalue weighted by atomic mass is 9.77. The highest BCUT2D eigenvalue weighted by atomic mass is 35.5. The van der Waals surface area contributed by atoms with E-state index in [0.29, 0.717) is 72.6 Å². The first-order valence-corrected chi connectivity index (χ1v) is 13.0. The molecule has 2 heterocycles. The summed E-state index contributed by atoms with van der Waals surface area (Å²) in [6.45, 7) is 9.20. The minimum Gasteiger partial charge on any atom is -0.399 e. The van der Waals surface area contributed by atoms with Gasteiger partial charge in [-0.2, -0.15) is 0 Å². The van der Waals surface area contributed by atoms with Crippen molar-refractivity contribution in [3.8, 4) is 0 Å². The van der Waals surface area contributed by atoms with Gasteiger partial charge in [0.25, 0.3) is 11.8 Å². The number of halogens is 3. The minimum atomic E-state index is -0.812. The molecule has 0 fully saturated rings. The van der Waals surface area contributed by atoms with Gasteiger partial charge < -0.3 is 16.4 Å². The van der Waals surface area contributed by atoms with Crippen LogP contribution in [0.4, 0.5) is 11.4 Å². The Kier molecular flexibility index (Phi) is 11.8. The van der Waals surface area contributed by atoms with Crippen molar-refractivity contribution in [2.24, 2.45) is 0 Å². The first-order chi connectivity index (χ1) is 17.8. The fraction of sp³-hybridized carbons (Fsp3) is 0.448. The SMILES string of the molecule is CN(CCCN1C(=O)c2cc(N)ccc2C(C)(C)C1=O)CCCN1C(=O)c2cc(N)ccc2C(C)(C)C1=O.Cl.Cl.Cl. The average Bonchev–Trinajstić information content (AvgIpc) is 2.85. The lowest BCUT2D eigenvalue weighted by molar-refractivity contribution is -0.135. The summed E-state index contributed by atoms with van der Waals surface area (Å²) in [6, 6.07) is 10.2. The van der Waals surface area contributed by atoms with Gasteiger partial charge in [-0.05, 0) is 96.1 Å². The van der Waals surface area contributed by atoms with E-state index in [9.17, 15) is 19.2 Å². The van der Waals surface area contributed by atoms with Crippen LogP contribution in [0.1, 0.15) is 72.4 Å². The number of carbonyl (C=O) groups excluding carboxylic acids is 4. The van der Waals surface area contributed by atoms with Gasteiger partial charge in [0.05, 0.1) is 10.8 Å². The van der Waals surface area contributed by atoms with E-state index in [-0.39, 0.29) is 60.8 Å². The molecule has 41 heavy (non-hydrogen) atoms. The quantitative estimate of drug-likeness (QED) is 0.333. The summed E-state index contributed by atoms with van der Waals surface area (Å²) in [5.41, 5.74) is 13.5. The molecule has 2 aromatic rings. The van der Waals surface area contributed by atoms with Crippen molar-refractivity contribution >= 4 is 72.2 Å². The third-order valence-corrected chi connectivity index (χ3v) is 7.79. The zero-order valence-electron chi connectivity index (χ0n) is 24.1.